The lowest BCUT2D eigenvalue weighted by Gasteiger charge is -2.06. The average molecular weight is 316 g/mol. The zero-order valence-corrected chi connectivity index (χ0v) is 11.7. The minimum absolute atomic E-state index is 0.0332. The smallest absolute Gasteiger partial charge is 0.410 e. The van der Waals surface area contributed by atoms with E-state index in [0.29, 0.717) is 5.56 Å². The lowest BCUT2D eigenvalue weighted by molar-refractivity contribution is -0.384. The molecule has 0 unspecified atom stereocenters. The molecule has 1 aromatic carbocycles. The molecule has 2 rings (SSSR count). The third kappa shape index (κ3) is 4.49. The number of nitrogens with one attached hydrogen (secondary N) is 2. The van der Waals surface area contributed by atoms with Gasteiger partial charge in [-0.2, -0.15) is 0 Å². The summed E-state index contributed by atoms with van der Waals surface area (Å²) < 4.78 is 0. The first-order valence-electron chi connectivity index (χ1n) is 6.44. The molecule has 1 aromatic heterocycles. The second-order valence-corrected chi connectivity index (χ2v) is 4.44. The molecule has 1 heterocycles. The quantitative estimate of drug-likeness (QED) is 0.570. The molecular formula is C14H12N4O5. The molecule has 0 radical (unpaired) electrons. The van der Waals surface area contributed by atoms with Crippen LogP contribution >= 0.6 is 0 Å². The van der Waals surface area contributed by atoms with E-state index in [9.17, 15) is 19.7 Å². The number of carbonyl (C=O) groups is 2. The van der Waals surface area contributed by atoms with Gasteiger partial charge in [0.25, 0.3) is 11.6 Å². The highest BCUT2D eigenvalue weighted by Gasteiger charge is 2.09. The van der Waals surface area contributed by atoms with Crippen molar-refractivity contribution in [3.05, 3.63) is 63.8 Å². The largest absolute Gasteiger partial charge is 0.465 e. The number of amides is 2. The molecule has 0 aliphatic rings. The summed E-state index contributed by atoms with van der Waals surface area (Å²) in [7, 11) is 0. The highest BCUT2D eigenvalue weighted by molar-refractivity contribution is 5.93. The summed E-state index contributed by atoms with van der Waals surface area (Å²) in [6.07, 6.45) is -1.28. The van der Waals surface area contributed by atoms with Crippen LogP contribution in [0.3, 0.4) is 0 Å². The molecule has 3 N–H and O–H groups in total. The van der Waals surface area contributed by atoms with Crippen molar-refractivity contribution in [2.45, 2.75) is 6.54 Å². The van der Waals surface area contributed by atoms with Crippen LogP contribution in [0, 0.1) is 10.1 Å². The van der Waals surface area contributed by atoms with E-state index in [2.05, 4.69) is 15.6 Å². The SMILES string of the molecule is O=C(O)Nc1cccc(C(=O)NCc2ccc([N+](=O)[O-])cc2)n1. The molecule has 0 aliphatic carbocycles. The fourth-order valence-corrected chi connectivity index (χ4v) is 1.75. The molecule has 2 aromatic rings. The van der Waals surface area contributed by atoms with Crippen molar-refractivity contribution < 1.29 is 19.6 Å². The Hall–Kier alpha value is -3.49. The van der Waals surface area contributed by atoms with E-state index >= 15 is 0 Å². The fraction of sp³-hybridized carbons (Fsp3) is 0.0714. The van der Waals surface area contributed by atoms with Crippen molar-refractivity contribution in [1.82, 2.24) is 10.3 Å². The van der Waals surface area contributed by atoms with Crippen molar-refractivity contribution in [3.8, 4) is 0 Å². The summed E-state index contributed by atoms with van der Waals surface area (Å²) in [5, 5.41) is 23.8. The zero-order valence-electron chi connectivity index (χ0n) is 11.7. The lowest BCUT2D eigenvalue weighted by Crippen LogP contribution is -2.24. The molecule has 0 aliphatic heterocycles. The predicted molar refractivity (Wildman–Crippen MR) is 80.2 cm³/mol. The van der Waals surface area contributed by atoms with Crippen molar-refractivity contribution in [3.63, 3.8) is 0 Å². The van der Waals surface area contributed by atoms with Gasteiger partial charge in [0.1, 0.15) is 11.5 Å². The number of anilines is 1. The van der Waals surface area contributed by atoms with E-state index < -0.39 is 16.9 Å². The first-order chi connectivity index (χ1) is 11.0. The van der Waals surface area contributed by atoms with Gasteiger partial charge in [-0.15, -0.1) is 0 Å². The highest BCUT2D eigenvalue weighted by atomic mass is 16.6. The van der Waals surface area contributed by atoms with E-state index in [4.69, 9.17) is 5.11 Å². The number of aromatic nitrogens is 1. The Balaban J connectivity index is 1.99. The second kappa shape index (κ2) is 6.98. The monoisotopic (exact) mass is 316 g/mol. The predicted octanol–water partition coefficient (Wildman–Crippen LogP) is 2.01. The van der Waals surface area contributed by atoms with Crippen LogP contribution < -0.4 is 10.6 Å². The fourth-order valence-electron chi connectivity index (χ4n) is 1.75. The van der Waals surface area contributed by atoms with Gasteiger partial charge in [0.15, 0.2) is 0 Å². The van der Waals surface area contributed by atoms with Gasteiger partial charge < -0.3 is 10.4 Å². The second-order valence-electron chi connectivity index (χ2n) is 4.44. The van der Waals surface area contributed by atoms with Crippen LogP contribution in [0.4, 0.5) is 16.3 Å². The van der Waals surface area contributed by atoms with Gasteiger partial charge in [-0.3, -0.25) is 20.2 Å². The Kier molecular flexibility index (Phi) is 4.82. The van der Waals surface area contributed by atoms with Gasteiger partial charge in [0.05, 0.1) is 4.92 Å². The van der Waals surface area contributed by atoms with Gasteiger partial charge in [-0.05, 0) is 17.7 Å². The van der Waals surface area contributed by atoms with Crippen molar-refractivity contribution in [2.75, 3.05) is 5.32 Å². The van der Waals surface area contributed by atoms with Gasteiger partial charge in [0.2, 0.25) is 0 Å². The number of hydrogen-bond acceptors (Lipinski definition) is 5. The normalized spacial score (nSPS) is 9.91. The van der Waals surface area contributed by atoms with Gasteiger partial charge in [-0.1, -0.05) is 18.2 Å². The van der Waals surface area contributed by atoms with Crippen molar-refractivity contribution in [2.24, 2.45) is 0 Å². The van der Waals surface area contributed by atoms with E-state index in [0.717, 1.165) is 0 Å². The Morgan fingerprint density at radius 2 is 1.87 bits per heavy atom. The number of carboxylic acid groups (broad SMARTS) is 1. The van der Waals surface area contributed by atoms with Crippen LogP contribution in [0.5, 0.6) is 0 Å². The van der Waals surface area contributed by atoms with Gasteiger partial charge >= 0.3 is 6.09 Å². The summed E-state index contributed by atoms with van der Waals surface area (Å²) in [6.45, 7) is 0.162. The molecule has 0 bridgehead atoms. The summed E-state index contributed by atoms with van der Waals surface area (Å²) in [5.74, 6) is -0.446. The topological polar surface area (TPSA) is 134 Å². The molecule has 9 heteroatoms. The third-order valence-corrected chi connectivity index (χ3v) is 2.82. The Labute approximate surface area is 130 Å². The average Bonchev–Trinajstić information content (AvgIpc) is 2.52. The zero-order chi connectivity index (χ0) is 16.8. The molecule has 0 atom stereocenters. The van der Waals surface area contributed by atoms with Gasteiger partial charge in [-0.25, -0.2) is 9.78 Å². The van der Waals surface area contributed by atoms with Crippen LogP contribution in [0.1, 0.15) is 16.1 Å². The van der Waals surface area contributed by atoms with Crippen molar-refractivity contribution >= 4 is 23.5 Å². The number of rotatable bonds is 5. The Morgan fingerprint density at radius 3 is 2.48 bits per heavy atom. The Bertz CT molecular complexity index is 745. The first-order valence-corrected chi connectivity index (χ1v) is 6.44. The lowest BCUT2D eigenvalue weighted by atomic mass is 10.2. The van der Waals surface area contributed by atoms with E-state index in [-0.39, 0.29) is 23.7 Å². The summed E-state index contributed by atoms with van der Waals surface area (Å²) in [5.41, 5.74) is 0.705. The highest BCUT2D eigenvalue weighted by Crippen LogP contribution is 2.12. The number of carbonyl (C=O) groups excluding carboxylic acids is 1. The number of nitrogens with zero attached hydrogens (tertiary/aromatic N) is 2. The molecular weight excluding hydrogens is 304 g/mol. The van der Waals surface area contributed by atoms with Crippen LogP contribution in [-0.4, -0.2) is 27.0 Å². The number of nitro groups is 1. The number of nitro benzene ring substituents is 1. The maximum absolute atomic E-state index is 12.0. The standard InChI is InChI=1S/C14H12N4O5/c19-13(11-2-1-3-12(16-11)17-14(20)21)15-8-9-4-6-10(7-5-9)18(22)23/h1-7H,8H2,(H,15,19)(H,16,17)(H,20,21). The summed E-state index contributed by atoms with van der Waals surface area (Å²) >= 11 is 0. The van der Waals surface area contributed by atoms with Crippen molar-refractivity contribution in [1.29, 1.82) is 0 Å². The summed E-state index contributed by atoms with van der Waals surface area (Å²) in [6, 6.07) is 10.1. The number of hydrogen-bond donors (Lipinski definition) is 3. The maximum Gasteiger partial charge on any atom is 0.410 e. The molecule has 23 heavy (non-hydrogen) atoms. The van der Waals surface area contributed by atoms with E-state index in [1.54, 1.807) is 0 Å². The van der Waals surface area contributed by atoms with Gasteiger partial charge in [0, 0.05) is 18.7 Å². The maximum atomic E-state index is 12.0. The first kappa shape index (κ1) is 15.9. The molecule has 9 nitrogen and oxygen atoms in total. The minimum atomic E-state index is -1.28. The molecule has 2 amide bonds. The summed E-state index contributed by atoms with van der Waals surface area (Å²) in [4.78, 5) is 36.4. The number of non-ortho nitro benzene ring substituents is 1. The van der Waals surface area contributed by atoms with Crippen LogP contribution in [0.2, 0.25) is 0 Å². The molecule has 0 saturated carbocycles. The van der Waals surface area contributed by atoms with Crippen LogP contribution in [-0.2, 0) is 6.54 Å². The van der Waals surface area contributed by atoms with Crippen LogP contribution in [0.25, 0.3) is 0 Å². The molecule has 0 saturated heterocycles. The van der Waals surface area contributed by atoms with Crippen LogP contribution in [0.15, 0.2) is 42.5 Å². The number of pyridine rings is 1. The third-order valence-electron chi connectivity index (χ3n) is 2.82. The minimum Gasteiger partial charge on any atom is -0.465 e. The number of benzene rings is 1. The molecule has 0 fully saturated rings. The molecule has 0 spiro atoms. The Morgan fingerprint density at radius 1 is 1.17 bits per heavy atom. The molecule has 118 valence electrons. The van der Waals surface area contributed by atoms with E-state index in [1.807, 2.05) is 0 Å². The van der Waals surface area contributed by atoms with E-state index in [1.165, 1.54) is 42.5 Å².